The molecule has 2 heterocycles. The summed E-state index contributed by atoms with van der Waals surface area (Å²) in [7, 11) is 0. The van der Waals surface area contributed by atoms with Gasteiger partial charge in [0.15, 0.2) is 12.6 Å². The summed E-state index contributed by atoms with van der Waals surface area (Å²) in [6.07, 6.45) is 75.9. The molecule has 0 aromatic carbocycles. The van der Waals surface area contributed by atoms with E-state index in [1.807, 2.05) is 6.08 Å². The second kappa shape index (κ2) is 64.1. The van der Waals surface area contributed by atoms with Gasteiger partial charge in [0.2, 0.25) is 5.91 Å². The van der Waals surface area contributed by atoms with Crippen LogP contribution in [-0.4, -0.2) is 140 Å². The molecule has 0 aromatic rings. The second-order valence-electron chi connectivity index (χ2n) is 26.7. The Hall–Kier alpha value is -3.35. The molecule has 0 aliphatic carbocycles. The zero-order chi connectivity index (χ0) is 68.7. The number of hydrogen-bond acceptors (Lipinski definition) is 13. The van der Waals surface area contributed by atoms with Crippen LogP contribution < -0.4 is 5.32 Å². The van der Waals surface area contributed by atoms with Gasteiger partial charge in [-0.1, -0.05) is 309 Å². The molecule has 0 saturated carbocycles. The zero-order valence-corrected chi connectivity index (χ0v) is 59.9. The largest absolute Gasteiger partial charge is 0.394 e. The minimum atomic E-state index is -1.80. The van der Waals surface area contributed by atoms with Crippen molar-refractivity contribution in [1.29, 1.82) is 0 Å². The van der Waals surface area contributed by atoms with E-state index in [9.17, 15) is 45.6 Å². The molecule has 0 spiro atoms. The summed E-state index contributed by atoms with van der Waals surface area (Å²) in [5, 5.41) is 87.6. The van der Waals surface area contributed by atoms with Crippen LogP contribution in [0.5, 0.6) is 0 Å². The van der Waals surface area contributed by atoms with Crippen LogP contribution in [0.3, 0.4) is 0 Å². The van der Waals surface area contributed by atoms with E-state index in [1.165, 1.54) is 180 Å². The summed E-state index contributed by atoms with van der Waals surface area (Å²) in [6, 6.07) is -0.948. The quantitative estimate of drug-likeness (QED) is 0.0204. The van der Waals surface area contributed by atoms with E-state index >= 15 is 0 Å². The lowest BCUT2D eigenvalue weighted by Gasteiger charge is -2.46. The molecule has 9 N–H and O–H groups in total. The van der Waals surface area contributed by atoms with Crippen LogP contribution in [0.4, 0.5) is 0 Å². The topological polar surface area (TPSA) is 228 Å². The van der Waals surface area contributed by atoms with Crippen molar-refractivity contribution in [3.8, 4) is 0 Å². The van der Waals surface area contributed by atoms with Crippen LogP contribution in [0.25, 0.3) is 0 Å². The Morgan fingerprint density at radius 1 is 0.389 bits per heavy atom. The zero-order valence-electron chi connectivity index (χ0n) is 59.9. The third kappa shape index (κ3) is 47.4. The lowest BCUT2D eigenvalue weighted by Crippen LogP contribution is -2.65. The summed E-state index contributed by atoms with van der Waals surface area (Å²) >= 11 is 0. The number of carbonyl (C=O) groups is 1. The van der Waals surface area contributed by atoms with Gasteiger partial charge in [-0.3, -0.25) is 4.79 Å². The highest BCUT2D eigenvalue weighted by Gasteiger charge is 2.51. The Morgan fingerprint density at radius 3 is 1.16 bits per heavy atom. The summed E-state index contributed by atoms with van der Waals surface area (Å²) in [4.78, 5) is 13.4. The van der Waals surface area contributed by atoms with Crippen molar-refractivity contribution in [1.82, 2.24) is 5.32 Å². The average molecular weight is 1340 g/mol. The first-order chi connectivity index (χ1) is 46.6. The molecule has 2 fully saturated rings. The fourth-order valence-corrected chi connectivity index (χ4v) is 12.1. The number of unbranched alkanes of at least 4 members (excludes halogenated alkanes) is 34. The molecule has 14 nitrogen and oxygen atoms in total. The summed E-state index contributed by atoms with van der Waals surface area (Å²) in [5.41, 5.74) is 0. The van der Waals surface area contributed by atoms with E-state index in [1.54, 1.807) is 6.08 Å². The Labute approximate surface area is 578 Å². The van der Waals surface area contributed by atoms with Gasteiger partial charge >= 0.3 is 0 Å². The van der Waals surface area contributed by atoms with Crippen molar-refractivity contribution in [3.05, 3.63) is 109 Å². The number of carbonyl (C=O) groups excluding carboxylic acids is 1. The maximum atomic E-state index is 13.4. The third-order valence-electron chi connectivity index (χ3n) is 18.2. The molecule has 1 amide bonds. The van der Waals surface area contributed by atoms with Crippen molar-refractivity contribution in [2.75, 3.05) is 19.8 Å². The maximum absolute atomic E-state index is 13.4. The number of rotatable bonds is 63. The third-order valence-corrected chi connectivity index (χ3v) is 18.2. The molecule has 2 rings (SSSR count). The number of hydrogen-bond donors (Lipinski definition) is 9. The minimum absolute atomic E-state index is 0.257. The number of aliphatic hydroxyl groups excluding tert-OH is 8. The molecule has 12 atom stereocenters. The number of ether oxygens (including phenoxy) is 4. The highest BCUT2D eigenvalue weighted by atomic mass is 16.7. The molecule has 2 saturated heterocycles. The Kier molecular flexibility index (Phi) is 59.2. The van der Waals surface area contributed by atoms with E-state index in [0.717, 1.165) is 89.9 Å². The molecule has 0 aromatic heterocycles. The van der Waals surface area contributed by atoms with Gasteiger partial charge in [0, 0.05) is 6.42 Å². The monoisotopic (exact) mass is 1340 g/mol. The number of nitrogens with one attached hydrogen (secondary N) is 1. The molecule has 0 radical (unpaired) electrons. The van der Waals surface area contributed by atoms with Gasteiger partial charge in [0.05, 0.1) is 32.0 Å². The Balaban J connectivity index is 1.67. The Morgan fingerprint density at radius 2 is 0.737 bits per heavy atom. The van der Waals surface area contributed by atoms with Gasteiger partial charge in [-0.05, 0) is 96.3 Å². The van der Waals surface area contributed by atoms with Crippen molar-refractivity contribution < 1.29 is 64.6 Å². The van der Waals surface area contributed by atoms with Crippen LogP contribution in [0.1, 0.15) is 303 Å². The summed E-state index contributed by atoms with van der Waals surface area (Å²) in [6.45, 7) is 2.69. The molecule has 548 valence electrons. The molecule has 95 heavy (non-hydrogen) atoms. The SMILES string of the molecule is CC/C=C\C/C=C\C/C=C\C/C=C\C/C=C\C/C=C\CCCCCCCCCCCCCCC(=O)NC(COC1OC(CO)C(OC2OC(CO)C(O)C(O)C2O)C(O)C1O)C(O)/C=C/CC/C=C/CC/C=C/CCCCCCCCCCCCCCCCCCCCCC. The fourth-order valence-electron chi connectivity index (χ4n) is 12.1. The van der Waals surface area contributed by atoms with Crippen LogP contribution in [0, 0.1) is 0 Å². The first-order valence-electron chi connectivity index (χ1n) is 38.6. The van der Waals surface area contributed by atoms with Crippen LogP contribution in [0.2, 0.25) is 0 Å². The number of amides is 1. The van der Waals surface area contributed by atoms with E-state index < -0.39 is 86.8 Å². The maximum Gasteiger partial charge on any atom is 0.220 e. The van der Waals surface area contributed by atoms with Gasteiger partial charge in [-0.2, -0.15) is 0 Å². The van der Waals surface area contributed by atoms with Gasteiger partial charge in [-0.25, -0.2) is 0 Å². The van der Waals surface area contributed by atoms with Gasteiger partial charge < -0.3 is 65.1 Å². The van der Waals surface area contributed by atoms with Crippen molar-refractivity contribution >= 4 is 5.91 Å². The number of allylic oxidation sites excluding steroid dienone is 17. The molecule has 12 unspecified atom stereocenters. The second-order valence-corrected chi connectivity index (χ2v) is 26.7. The van der Waals surface area contributed by atoms with Crippen molar-refractivity contribution in [2.45, 2.75) is 376 Å². The molecule has 14 heteroatoms. The van der Waals surface area contributed by atoms with E-state index in [4.69, 9.17) is 18.9 Å². The van der Waals surface area contributed by atoms with Gasteiger partial charge in [0.25, 0.3) is 0 Å². The lowest BCUT2D eigenvalue weighted by atomic mass is 9.97. The highest BCUT2D eigenvalue weighted by molar-refractivity contribution is 5.76. The normalized spacial score (nSPS) is 23.0. The molecule has 2 aliphatic heterocycles. The van der Waals surface area contributed by atoms with Gasteiger partial charge in [0.1, 0.15) is 48.8 Å². The molecule has 0 bridgehead atoms. The number of aliphatic hydroxyl groups is 8. The van der Waals surface area contributed by atoms with Gasteiger partial charge in [-0.15, -0.1) is 0 Å². The average Bonchev–Trinajstić information content (AvgIpc) is 0.801. The smallest absolute Gasteiger partial charge is 0.220 e. The first kappa shape index (κ1) is 87.7. The summed E-state index contributed by atoms with van der Waals surface area (Å²) in [5.74, 6) is -0.257. The first-order valence-corrected chi connectivity index (χ1v) is 38.6. The summed E-state index contributed by atoms with van der Waals surface area (Å²) < 4.78 is 22.9. The Bertz CT molecular complexity index is 2010. The van der Waals surface area contributed by atoms with Crippen LogP contribution in [-0.2, 0) is 23.7 Å². The van der Waals surface area contributed by atoms with E-state index in [0.29, 0.717) is 12.8 Å². The minimum Gasteiger partial charge on any atom is -0.394 e. The lowest BCUT2D eigenvalue weighted by molar-refractivity contribution is -0.359. The highest BCUT2D eigenvalue weighted by Crippen LogP contribution is 2.30. The molecular weight excluding hydrogens is 1190 g/mol. The standard InChI is InChI=1S/C81H141NO13/c1-3-5-7-9-11-13-15-17-19-21-23-25-27-29-31-33-35-37-39-41-43-45-47-49-51-53-55-57-59-61-63-65-73(86)82-69(68-92-80-78(91)76(89)79(72(67-84)94-80)95-81-77(90)75(88)74(87)71(66-83)93-81)70(85)64-62-60-58-56-54-52-50-48-46-44-42-40-38-36-34-32-30-28-26-24-22-20-18-16-14-12-10-8-6-4-2/h5,7,11,13,17,19,23,25,29,31,35,37,46,48,54,56,62,64,69-72,74-81,83-85,87-91H,3-4,6,8-10,12,14-16,18,20-22,24,26-28,30,32-34,36,38-45,47,49-53,55,57-61,63,65-68H2,1-2H3,(H,82,86)/b7-5-,13-11-,19-17-,25-23-,31-29-,37-35-,48-46+,56-54+,64-62+. The van der Waals surface area contributed by atoms with Crippen LogP contribution >= 0.6 is 0 Å². The molecular formula is C81H141NO13. The predicted octanol–water partition coefficient (Wildman–Crippen LogP) is 17.1. The van der Waals surface area contributed by atoms with E-state index in [-0.39, 0.29) is 18.9 Å². The van der Waals surface area contributed by atoms with Crippen molar-refractivity contribution in [2.24, 2.45) is 0 Å². The van der Waals surface area contributed by atoms with Crippen molar-refractivity contribution in [3.63, 3.8) is 0 Å². The fraction of sp³-hybridized carbons (Fsp3) is 0.765. The van der Waals surface area contributed by atoms with Crippen LogP contribution in [0.15, 0.2) is 109 Å². The van der Waals surface area contributed by atoms with E-state index in [2.05, 4.69) is 116 Å². The predicted molar refractivity (Wildman–Crippen MR) is 392 cm³/mol. The molecule has 2 aliphatic rings.